The number of aryl methyl sites for hydroxylation is 2. The Labute approximate surface area is 129 Å². The van der Waals surface area contributed by atoms with Gasteiger partial charge in [0.25, 0.3) is 5.91 Å². The Morgan fingerprint density at radius 3 is 2.82 bits per heavy atom. The minimum Gasteiger partial charge on any atom is -0.351 e. The number of aromatic nitrogens is 4. The van der Waals surface area contributed by atoms with Crippen molar-refractivity contribution in [2.45, 2.75) is 52.5 Å². The number of nitrogens with zero attached hydrogens (tertiary/aromatic N) is 4. The first-order chi connectivity index (χ1) is 10.6. The maximum absolute atomic E-state index is 12.3. The van der Waals surface area contributed by atoms with Gasteiger partial charge in [0, 0.05) is 31.1 Å². The molecule has 1 saturated carbocycles. The Balaban J connectivity index is 1.56. The maximum atomic E-state index is 12.3. The maximum Gasteiger partial charge on any atom is 0.255 e. The van der Waals surface area contributed by atoms with Gasteiger partial charge in [-0.15, -0.1) is 0 Å². The van der Waals surface area contributed by atoms with Crippen LogP contribution >= 0.6 is 0 Å². The lowest BCUT2D eigenvalue weighted by molar-refractivity contribution is 0.0952. The molecule has 3 rings (SSSR count). The number of hydrogen-bond acceptors (Lipinski definition) is 5. The lowest BCUT2D eigenvalue weighted by Crippen LogP contribution is -2.26. The second-order valence-corrected chi connectivity index (χ2v) is 5.69. The van der Waals surface area contributed by atoms with Gasteiger partial charge in [0.2, 0.25) is 5.89 Å². The zero-order valence-corrected chi connectivity index (χ0v) is 13.2. The summed E-state index contributed by atoms with van der Waals surface area (Å²) in [6.07, 6.45) is 2.84. The molecule has 7 heteroatoms. The third-order valence-corrected chi connectivity index (χ3v) is 3.96. The molecule has 0 aliphatic heterocycles. The highest BCUT2D eigenvalue weighted by Crippen LogP contribution is 2.38. The van der Waals surface area contributed by atoms with Crippen LogP contribution in [-0.2, 0) is 13.0 Å². The lowest BCUT2D eigenvalue weighted by atomic mass is 10.2. The molecule has 1 aliphatic carbocycles. The van der Waals surface area contributed by atoms with E-state index in [0.29, 0.717) is 30.3 Å². The van der Waals surface area contributed by atoms with E-state index in [9.17, 15) is 4.79 Å². The monoisotopic (exact) mass is 303 g/mol. The van der Waals surface area contributed by atoms with E-state index in [2.05, 4.69) is 20.6 Å². The van der Waals surface area contributed by atoms with E-state index in [-0.39, 0.29) is 5.91 Å². The topological polar surface area (TPSA) is 85.8 Å². The molecule has 1 N–H and O–H groups in total. The van der Waals surface area contributed by atoms with Crippen molar-refractivity contribution in [2.75, 3.05) is 6.54 Å². The lowest BCUT2D eigenvalue weighted by Gasteiger charge is -2.04. The van der Waals surface area contributed by atoms with E-state index in [1.54, 1.807) is 0 Å². The molecule has 0 bridgehead atoms. The van der Waals surface area contributed by atoms with E-state index in [1.165, 1.54) is 0 Å². The van der Waals surface area contributed by atoms with Crippen molar-refractivity contribution in [3.8, 4) is 0 Å². The van der Waals surface area contributed by atoms with Gasteiger partial charge in [-0.3, -0.25) is 9.48 Å². The first-order valence-corrected chi connectivity index (χ1v) is 7.74. The van der Waals surface area contributed by atoms with Crippen molar-refractivity contribution in [3.05, 3.63) is 28.7 Å². The Morgan fingerprint density at radius 1 is 1.41 bits per heavy atom. The summed E-state index contributed by atoms with van der Waals surface area (Å²) in [4.78, 5) is 16.6. The van der Waals surface area contributed by atoms with Crippen molar-refractivity contribution in [1.82, 2.24) is 25.2 Å². The van der Waals surface area contributed by atoms with E-state index >= 15 is 0 Å². The minimum absolute atomic E-state index is 0.100. The molecular formula is C15H21N5O2. The van der Waals surface area contributed by atoms with Gasteiger partial charge in [-0.25, -0.2) is 0 Å². The van der Waals surface area contributed by atoms with E-state index in [1.807, 2.05) is 25.5 Å². The Morgan fingerprint density at radius 2 is 2.18 bits per heavy atom. The third-order valence-electron chi connectivity index (χ3n) is 3.96. The van der Waals surface area contributed by atoms with E-state index < -0.39 is 0 Å². The SMILES string of the molecule is CCn1nc(C)c(C(=O)NCCc2nc(C3CC3)no2)c1C. The molecule has 2 aromatic heterocycles. The van der Waals surface area contributed by atoms with Gasteiger partial charge in [-0.2, -0.15) is 10.1 Å². The predicted molar refractivity (Wildman–Crippen MR) is 79.7 cm³/mol. The molecule has 118 valence electrons. The fourth-order valence-electron chi connectivity index (χ4n) is 2.58. The highest BCUT2D eigenvalue weighted by molar-refractivity contribution is 5.96. The number of nitrogens with one attached hydrogen (secondary N) is 1. The molecule has 0 aromatic carbocycles. The number of hydrogen-bond donors (Lipinski definition) is 1. The molecule has 0 atom stereocenters. The van der Waals surface area contributed by atoms with Gasteiger partial charge >= 0.3 is 0 Å². The van der Waals surface area contributed by atoms with Crippen LogP contribution in [0.1, 0.15) is 59.1 Å². The van der Waals surface area contributed by atoms with Crippen molar-refractivity contribution in [3.63, 3.8) is 0 Å². The van der Waals surface area contributed by atoms with Crippen LogP contribution < -0.4 is 5.32 Å². The minimum atomic E-state index is -0.100. The molecular weight excluding hydrogens is 282 g/mol. The average molecular weight is 303 g/mol. The molecule has 1 amide bonds. The summed E-state index contributed by atoms with van der Waals surface area (Å²) in [7, 11) is 0. The van der Waals surface area contributed by atoms with Gasteiger partial charge in [-0.1, -0.05) is 5.16 Å². The summed E-state index contributed by atoms with van der Waals surface area (Å²) in [5, 5.41) is 11.2. The second-order valence-electron chi connectivity index (χ2n) is 5.69. The van der Waals surface area contributed by atoms with Crippen LogP contribution in [0.5, 0.6) is 0 Å². The molecule has 1 aliphatic rings. The number of carbonyl (C=O) groups excluding carboxylic acids is 1. The molecule has 0 spiro atoms. The summed E-state index contributed by atoms with van der Waals surface area (Å²) in [5.41, 5.74) is 2.31. The number of rotatable bonds is 6. The average Bonchev–Trinajstić information content (AvgIpc) is 3.17. The van der Waals surface area contributed by atoms with Crippen molar-refractivity contribution in [2.24, 2.45) is 0 Å². The van der Waals surface area contributed by atoms with Crippen LogP contribution in [0, 0.1) is 13.8 Å². The Hall–Kier alpha value is -2.18. The predicted octanol–water partition coefficient (Wildman–Crippen LogP) is 1.75. The van der Waals surface area contributed by atoms with Gasteiger partial charge in [0.15, 0.2) is 5.82 Å². The van der Waals surface area contributed by atoms with Crippen LogP contribution in [0.25, 0.3) is 0 Å². The first-order valence-electron chi connectivity index (χ1n) is 7.74. The molecule has 0 unspecified atom stereocenters. The van der Waals surface area contributed by atoms with Gasteiger partial charge < -0.3 is 9.84 Å². The molecule has 22 heavy (non-hydrogen) atoms. The Kier molecular flexibility index (Phi) is 3.96. The highest BCUT2D eigenvalue weighted by Gasteiger charge is 2.28. The second kappa shape index (κ2) is 5.90. The van der Waals surface area contributed by atoms with Crippen molar-refractivity contribution in [1.29, 1.82) is 0 Å². The molecule has 0 saturated heterocycles. The number of amides is 1. The van der Waals surface area contributed by atoms with Gasteiger partial charge in [-0.05, 0) is 33.6 Å². The van der Waals surface area contributed by atoms with Crippen LogP contribution in [0.4, 0.5) is 0 Å². The van der Waals surface area contributed by atoms with E-state index in [4.69, 9.17) is 4.52 Å². The molecule has 2 aromatic rings. The number of carbonyl (C=O) groups is 1. The zero-order chi connectivity index (χ0) is 15.7. The smallest absolute Gasteiger partial charge is 0.255 e. The van der Waals surface area contributed by atoms with Crippen LogP contribution in [-0.4, -0.2) is 32.4 Å². The summed E-state index contributed by atoms with van der Waals surface area (Å²) in [6.45, 7) is 7.01. The zero-order valence-electron chi connectivity index (χ0n) is 13.2. The first kappa shape index (κ1) is 14.7. The van der Waals surface area contributed by atoms with Gasteiger partial charge in [0.1, 0.15) is 0 Å². The molecule has 2 heterocycles. The van der Waals surface area contributed by atoms with Crippen molar-refractivity contribution < 1.29 is 9.32 Å². The largest absolute Gasteiger partial charge is 0.351 e. The molecule has 1 fully saturated rings. The summed E-state index contributed by atoms with van der Waals surface area (Å²) < 4.78 is 7.03. The fourth-order valence-corrected chi connectivity index (χ4v) is 2.58. The van der Waals surface area contributed by atoms with Crippen molar-refractivity contribution >= 4 is 5.91 Å². The van der Waals surface area contributed by atoms with Crippen LogP contribution in [0.3, 0.4) is 0 Å². The standard InChI is InChI=1S/C15H21N5O2/c1-4-20-10(3)13(9(2)18-20)15(21)16-8-7-12-17-14(19-22-12)11-5-6-11/h11H,4-8H2,1-3H3,(H,16,21). The highest BCUT2D eigenvalue weighted by atomic mass is 16.5. The third kappa shape index (κ3) is 2.88. The molecule has 0 radical (unpaired) electrons. The fraction of sp³-hybridized carbons (Fsp3) is 0.600. The molecule has 7 nitrogen and oxygen atoms in total. The van der Waals surface area contributed by atoms with E-state index in [0.717, 1.165) is 36.6 Å². The summed E-state index contributed by atoms with van der Waals surface area (Å²) >= 11 is 0. The summed E-state index contributed by atoms with van der Waals surface area (Å²) in [5.74, 6) is 1.77. The quantitative estimate of drug-likeness (QED) is 0.878. The van der Waals surface area contributed by atoms with Crippen LogP contribution in [0.15, 0.2) is 4.52 Å². The van der Waals surface area contributed by atoms with Crippen LogP contribution in [0.2, 0.25) is 0 Å². The van der Waals surface area contributed by atoms with Gasteiger partial charge in [0.05, 0.1) is 11.3 Å². The normalized spacial score (nSPS) is 14.3. The summed E-state index contributed by atoms with van der Waals surface area (Å²) in [6, 6.07) is 0. The Bertz CT molecular complexity index is 684.